The normalized spacial score (nSPS) is 10.1. The van der Waals surface area contributed by atoms with Crippen LogP contribution in [0.3, 0.4) is 0 Å². The summed E-state index contributed by atoms with van der Waals surface area (Å²) >= 11 is 0. The van der Waals surface area contributed by atoms with E-state index in [0.29, 0.717) is 0 Å². The van der Waals surface area contributed by atoms with E-state index in [1.807, 2.05) is 42.2 Å². The van der Waals surface area contributed by atoms with Crippen molar-refractivity contribution < 1.29 is 20.1 Å². The molecule has 0 aliphatic heterocycles. The minimum Gasteiger partial charge on any atom is -0.305 e. The van der Waals surface area contributed by atoms with Crippen molar-refractivity contribution in [2.45, 2.75) is 6.92 Å². The molecule has 0 aliphatic rings. The Morgan fingerprint density at radius 2 is 1.95 bits per heavy atom. The number of hydrogen-bond donors (Lipinski definition) is 0. The molecular formula is C16H14IrN3-. The van der Waals surface area contributed by atoms with Crippen molar-refractivity contribution in [2.24, 2.45) is 7.05 Å². The zero-order valence-electron chi connectivity index (χ0n) is 11.3. The van der Waals surface area contributed by atoms with Gasteiger partial charge in [-0.2, -0.15) is 5.10 Å². The Balaban J connectivity index is 0.00000147. The number of benzene rings is 1. The van der Waals surface area contributed by atoms with Gasteiger partial charge in [-0.25, -0.2) is 0 Å². The van der Waals surface area contributed by atoms with Crippen LogP contribution in [0.5, 0.6) is 0 Å². The minimum atomic E-state index is 0. The second-order valence-electron chi connectivity index (χ2n) is 4.55. The minimum absolute atomic E-state index is 0. The standard InChI is InChI=1S/C16H14N3.Ir/c1-12-6-8-17-15(10-12)13-4-3-5-14(11-13)16-7-9-18-19(16)2;/h3,5-11H,1-2H3;/q-1;. The van der Waals surface area contributed by atoms with Gasteiger partial charge in [0.15, 0.2) is 0 Å². The molecule has 0 amide bonds. The molecule has 103 valence electrons. The molecule has 1 radical (unpaired) electrons. The van der Waals surface area contributed by atoms with Crippen LogP contribution in [0.4, 0.5) is 0 Å². The summed E-state index contributed by atoms with van der Waals surface area (Å²) in [6, 6.07) is 15.4. The number of pyridine rings is 1. The fourth-order valence-electron chi connectivity index (χ4n) is 2.11. The molecule has 0 bridgehead atoms. The zero-order valence-corrected chi connectivity index (χ0v) is 13.7. The van der Waals surface area contributed by atoms with Crippen molar-refractivity contribution in [1.29, 1.82) is 0 Å². The molecule has 3 rings (SSSR count). The summed E-state index contributed by atoms with van der Waals surface area (Å²) in [6.07, 6.45) is 3.63. The zero-order chi connectivity index (χ0) is 13.2. The van der Waals surface area contributed by atoms with Crippen molar-refractivity contribution in [2.75, 3.05) is 0 Å². The first-order valence-corrected chi connectivity index (χ1v) is 6.17. The van der Waals surface area contributed by atoms with E-state index < -0.39 is 0 Å². The topological polar surface area (TPSA) is 30.7 Å². The van der Waals surface area contributed by atoms with Gasteiger partial charge in [-0.15, -0.1) is 29.8 Å². The van der Waals surface area contributed by atoms with Gasteiger partial charge in [0.2, 0.25) is 0 Å². The summed E-state index contributed by atoms with van der Waals surface area (Å²) in [5, 5.41) is 4.20. The van der Waals surface area contributed by atoms with Gasteiger partial charge in [-0.05, 0) is 24.8 Å². The first-order valence-electron chi connectivity index (χ1n) is 6.17. The second kappa shape index (κ2) is 6.12. The van der Waals surface area contributed by atoms with E-state index in [4.69, 9.17) is 0 Å². The molecule has 2 heterocycles. The van der Waals surface area contributed by atoms with Crippen LogP contribution in [0, 0.1) is 13.0 Å². The molecule has 0 saturated carbocycles. The van der Waals surface area contributed by atoms with Gasteiger partial charge in [-0.3, -0.25) is 4.68 Å². The summed E-state index contributed by atoms with van der Waals surface area (Å²) in [7, 11) is 1.94. The van der Waals surface area contributed by atoms with Crippen LogP contribution in [0.25, 0.3) is 22.5 Å². The fraction of sp³-hybridized carbons (Fsp3) is 0.125. The van der Waals surface area contributed by atoms with Crippen molar-refractivity contribution in [3.8, 4) is 22.5 Å². The van der Waals surface area contributed by atoms with E-state index in [0.717, 1.165) is 22.5 Å². The molecule has 0 atom stereocenters. The van der Waals surface area contributed by atoms with Crippen molar-refractivity contribution in [3.05, 3.63) is 60.4 Å². The van der Waals surface area contributed by atoms with Gasteiger partial charge in [-0.1, -0.05) is 17.2 Å². The van der Waals surface area contributed by atoms with Gasteiger partial charge < -0.3 is 4.98 Å². The molecule has 0 N–H and O–H groups in total. The Kier molecular flexibility index (Phi) is 4.48. The van der Waals surface area contributed by atoms with Gasteiger partial charge in [0, 0.05) is 45.2 Å². The molecule has 0 fully saturated rings. The van der Waals surface area contributed by atoms with Gasteiger partial charge in [0.25, 0.3) is 0 Å². The molecule has 2 aromatic heterocycles. The molecule has 0 saturated heterocycles. The number of rotatable bonds is 2. The first kappa shape index (κ1) is 14.6. The third-order valence-corrected chi connectivity index (χ3v) is 3.11. The first-order chi connectivity index (χ1) is 9.24. The predicted octanol–water partition coefficient (Wildman–Crippen LogP) is 3.26. The maximum Gasteiger partial charge on any atom is 0.0495 e. The molecule has 0 spiro atoms. The van der Waals surface area contributed by atoms with Crippen LogP contribution in [0.15, 0.2) is 48.8 Å². The van der Waals surface area contributed by atoms with Gasteiger partial charge in [0.05, 0.1) is 0 Å². The maximum absolute atomic E-state index is 4.40. The molecular weight excluding hydrogens is 426 g/mol. The quantitative estimate of drug-likeness (QED) is 0.573. The number of aryl methyl sites for hydroxylation is 2. The molecule has 0 aliphatic carbocycles. The smallest absolute Gasteiger partial charge is 0.0495 e. The van der Waals surface area contributed by atoms with E-state index in [1.54, 1.807) is 6.20 Å². The molecule has 20 heavy (non-hydrogen) atoms. The Hall–Kier alpha value is -1.77. The molecule has 3 aromatic rings. The summed E-state index contributed by atoms with van der Waals surface area (Å²) in [4.78, 5) is 4.40. The molecule has 1 aromatic carbocycles. The average Bonchev–Trinajstić information content (AvgIpc) is 2.85. The Morgan fingerprint density at radius 3 is 2.65 bits per heavy atom. The number of aromatic nitrogens is 3. The van der Waals surface area contributed by atoms with Crippen LogP contribution < -0.4 is 0 Å². The van der Waals surface area contributed by atoms with Gasteiger partial charge in [0.1, 0.15) is 0 Å². The van der Waals surface area contributed by atoms with E-state index in [9.17, 15) is 0 Å². The average molecular weight is 441 g/mol. The van der Waals surface area contributed by atoms with Crippen molar-refractivity contribution >= 4 is 0 Å². The van der Waals surface area contributed by atoms with Gasteiger partial charge >= 0.3 is 0 Å². The second-order valence-corrected chi connectivity index (χ2v) is 4.55. The fourth-order valence-corrected chi connectivity index (χ4v) is 2.11. The van der Waals surface area contributed by atoms with Crippen LogP contribution >= 0.6 is 0 Å². The largest absolute Gasteiger partial charge is 0.305 e. The van der Waals surface area contributed by atoms with E-state index in [1.165, 1.54) is 5.56 Å². The Bertz CT molecular complexity index is 719. The third-order valence-electron chi connectivity index (χ3n) is 3.11. The summed E-state index contributed by atoms with van der Waals surface area (Å²) in [5.41, 5.74) is 5.36. The molecule has 3 nitrogen and oxygen atoms in total. The maximum atomic E-state index is 4.40. The number of hydrogen-bond acceptors (Lipinski definition) is 2. The predicted molar refractivity (Wildman–Crippen MR) is 75.4 cm³/mol. The monoisotopic (exact) mass is 441 g/mol. The van der Waals surface area contributed by atoms with Crippen LogP contribution in [-0.4, -0.2) is 14.8 Å². The van der Waals surface area contributed by atoms with E-state index in [-0.39, 0.29) is 20.1 Å². The number of nitrogens with zero attached hydrogens (tertiary/aromatic N) is 3. The Labute approximate surface area is 132 Å². The SMILES string of the molecule is Cc1ccnc(-c2[c-]ccc(-c3ccnn3C)c2)c1.[Ir]. The van der Waals surface area contributed by atoms with Crippen molar-refractivity contribution in [1.82, 2.24) is 14.8 Å². The van der Waals surface area contributed by atoms with Crippen LogP contribution in [0.2, 0.25) is 0 Å². The van der Waals surface area contributed by atoms with Crippen molar-refractivity contribution in [3.63, 3.8) is 0 Å². The van der Waals surface area contributed by atoms with E-state index >= 15 is 0 Å². The van der Waals surface area contributed by atoms with Crippen LogP contribution in [0.1, 0.15) is 5.56 Å². The van der Waals surface area contributed by atoms with Crippen LogP contribution in [-0.2, 0) is 27.2 Å². The summed E-state index contributed by atoms with van der Waals surface area (Å²) < 4.78 is 1.86. The molecule has 4 heteroatoms. The van der Waals surface area contributed by atoms with E-state index in [2.05, 4.69) is 35.2 Å². The Morgan fingerprint density at radius 1 is 1.10 bits per heavy atom. The third kappa shape index (κ3) is 2.87. The summed E-state index contributed by atoms with van der Waals surface area (Å²) in [5.74, 6) is 0. The molecule has 0 unspecified atom stereocenters. The summed E-state index contributed by atoms with van der Waals surface area (Å²) in [6.45, 7) is 2.07.